The Balaban J connectivity index is 2.31. The molecule has 0 spiro atoms. The average Bonchev–Trinajstić information content (AvgIpc) is 2.56. The molecule has 0 saturated heterocycles. The van der Waals surface area contributed by atoms with Crippen molar-refractivity contribution in [3.8, 4) is 0 Å². The molecular weight excluding hydrogens is 334 g/mol. The molecule has 0 heterocycles. The van der Waals surface area contributed by atoms with Gasteiger partial charge in [0, 0.05) is 20.9 Å². The number of hydrogen-bond acceptors (Lipinski definition) is 1. The first kappa shape index (κ1) is 15.4. The second-order valence-corrected chi connectivity index (χ2v) is 8.45. The summed E-state index contributed by atoms with van der Waals surface area (Å²) in [6, 6.07) is 24.0. The van der Waals surface area contributed by atoms with Crippen LogP contribution in [0.3, 0.4) is 0 Å². The summed E-state index contributed by atoms with van der Waals surface area (Å²) < 4.78 is 14.0. The molecule has 0 atom stereocenters. The molecule has 0 aliphatic carbocycles. The highest BCUT2D eigenvalue weighted by Crippen LogP contribution is 2.44. The summed E-state index contributed by atoms with van der Waals surface area (Å²) in [6.07, 6.45) is 0. The van der Waals surface area contributed by atoms with Crippen molar-refractivity contribution in [2.75, 3.05) is 0 Å². The molecule has 110 valence electrons. The highest BCUT2D eigenvalue weighted by atomic mass is 35.5. The summed E-state index contributed by atoms with van der Waals surface area (Å²) in [5, 5.41) is 3.07. The Labute approximate surface area is 139 Å². The summed E-state index contributed by atoms with van der Waals surface area (Å²) in [7, 11) is -3.02. The van der Waals surface area contributed by atoms with Crippen LogP contribution in [0.15, 0.2) is 78.9 Å². The predicted molar refractivity (Wildman–Crippen MR) is 95.9 cm³/mol. The second-order valence-electron chi connectivity index (χ2n) is 4.88. The van der Waals surface area contributed by atoms with Crippen LogP contribution in [0.25, 0.3) is 0 Å². The van der Waals surface area contributed by atoms with E-state index in [4.69, 9.17) is 23.2 Å². The van der Waals surface area contributed by atoms with E-state index in [1.807, 2.05) is 60.7 Å². The molecule has 1 nitrogen and oxygen atoms in total. The third-order valence-electron chi connectivity index (χ3n) is 3.49. The molecule has 3 aromatic carbocycles. The third-order valence-corrected chi connectivity index (χ3v) is 7.29. The van der Waals surface area contributed by atoms with E-state index in [1.54, 1.807) is 18.2 Å². The molecule has 0 aromatic heterocycles. The number of benzene rings is 3. The van der Waals surface area contributed by atoms with E-state index < -0.39 is 7.14 Å². The lowest BCUT2D eigenvalue weighted by atomic mass is 10.3. The van der Waals surface area contributed by atoms with Gasteiger partial charge in [-0.25, -0.2) is 0 Å². The van der Waals surface area contributed by atoms with Gasteiger partial charge in [0.05, 0.1) is 5.02 Å². The predicted octanol–water partition coefficient (Wildman–Crippen LogP) is 4.63. The normalized spacial score (nSPS) is 11.4. The van der Waals surface area contributed by atoms with Crippen LogP contribution in [0, 0.1) is 0 Å². The van der Waals surface area contributed by atoms with Crippen molar-refractivity contribution >= 4 is 46.3 Å². The van der Waals surface area contributed by atoms with Crippen LogP contribution in [0.5, 0.6) is 0 Å². The standard InChI is InChI=1S/C18H13Cl2OP/c19-14-11-12-18(17(20)13-14)22(21,15-7-3-1-4-8-15)16-9-5-2-6-10-16/h1-13H. The molecule has 0 N–H and O–H groups in total. The van der Waals surface area contributed by atoms with Gasteiger partial charge in [-0.15, -0.1) is 0 Å². The molecule has 22 heavy (non-hydrogen) atoms. The van der Waals surface area contributed by atoms with E-state index in [0.29, 0.717) is 15.3 Å². The first-order valence-electron chi connectivity index (χ1n) is 6.79. The molecule has 0 aliphatic rings. The van der Waals surface area contributed by atoms with Crippen molar-refractivity contribution in [1.82, 2.24) is 0 Å². The molecule has 0 unspecified atom stereocenters. The second kappa shape index (κ2) is 6.30. The lowest BCUT2D eigenvalue weighted by molar-refractivity contribution is 0.592. The monoisotopic (exact) mass is 346 g/mol. The van der Waals surface area contributed by atoms with Crippen LogP contribution in [0.4, 0.5) is 0 Å². The fourth-order valence-corrected chi connectivity index (χ4v) is 5.89. The zero-order valence-electron chi connectivity index (χ0n) is 11.6. The summed E-state index contributed by atoms with van der Waals surface area (Å²) in [4.78, 5) is 0. The van der Waals surface area contributed by atoms with Crippen molar-refractivity contribution in [2.45, 2.75) is 0 Å². The fraction of sp³-hybridized carbons (Fsp3) is 0. The highest BCUT2D eigenvalue weighted by molar-refractivity contribution is 7.85. The molecule has 0 radical (unpaired) electrons. The topological polar surface area (TPSA) is 17.1 Å². The first-order valence-corrected chi connectivity index (χ1v) is 9.25. The molecule has 3 aromatic rings. The molecule has 0 aliphatic heterocycles. The van der Waals surface area contributed by atoms with Crippen LogP contribution in [-0.4, -0.2) is 0 Å². The van der Waals surface area contributed by atoms with Gasteiger partial charge in [-0.2, -0.15) is 0 Å². The highest BCUT2D eigenvalue weighted by Gasteiger charge is 2.31. The van der Waals surface area contributed by atoms with E-state index in [0.717, 1.165) is 10.6 Å². The maximum Gasteiger partial charge on any atom is 0.172 e. The average molecular weight is 347 g/mol. The molecule has 4 heteroatoms. The Morgan fingerprint density at radius 1 is 0.682 bits per heavy atom. The summed E-state index contributed by atoms with van der Waals surface area (Å²) in [6.45, 7) is 0. The van der Waals surface area contributed by atoms with Crippen LogP contribution >= 0.6 is 30.3 Å². The molecule has 3 rings (SSSR count). The molecule has 0 saturated carbocycles. The van der Waals surface area contributed by atoms with Crippen molar-refractivity contribution in [1.29, 1.82) is 0 Å². The largest absolute Gasteiger partial charge is 0.309 e. The lowest BCUT2D eigenvalue weighted by Crippen LogP contribution is -2.25. The molecule has 0 fully saturated rings. The van der Waals surface area contributed by atoms with Crippen molar-refractivity contribution in [2.24, 2.45) is 0 Å². The van der Waals surface area contributed by atoms with E-state index in [1.165, 1.54) is 0 Å². The smallest absolute Gasteiger partial charge is 0.172 e. The van der Waals surface area contributed by atoms with Gasteiger partial charge >= 0.3 is 0 Å². The Morgan fingerprint density at radius 2 is 1.18 bits per heavy atom. The quantitative estimate of drug-likeness (QED) is 0.631. The minimum atomic E-state index is -3.02. The van der Waals surface area contributed by atoms with Crippen LogP contribution in [0.2, 0.25) is 10.0 Å². The lowest BCUT2D eigenvalue weighted by Gasteiger charge is -2.21. The van der Waals surface area contributed by atoms with E-state index in [-0.39, 0.29) is 0 Å². The van der Waals surface area contributed by atoms with Gasteiger partial charge in [0.1, 0.15) is 0 Å². The van der Waals surface area contributed by atoms with Gasteiger partial charge in [-0.1, -0.05) is 83.9 Å². The van der Waals surface area contributed by atoms with E-state index in [2.05, 4.69) is 0 Å². The zero-order valence-corrected chi connectivity index (χ0v) is 14.0. The van der Waals surface area contributed by atoms with Crippen molar-refractivity contribution in [3.05, 3.63) is 88.9 Å². The minimum absolute atomic E-state index is 0.420. The van der Waals surface area contributed by atoms with Gasteiger partial charge in [0.2, 0.25) is 0 Å². The van der Waals surface area contributed by atoms with E-state index in [9.17, 15) is 4.57 Å². The molecular formula is C18H13Cl2OP. The summed E-state index contributed by atoms with van der Waals surface area (Å²) >= 11 is 12.3. The Bertz CT molecular complexity index is 789. The number of rotatable bonds is 3. The summed E-state index contributed by atoms with van der Waals surface area (Å²) in [5.41, 5.74) is 0. The number of hydrogen-bond donors (Lipinski definition) is 0. The van der Waals surface area contributed by atoms with Gasteiger partial charge in [-0.05, 0) is 18.2 Å². The zero-order chi connectivity index (χ0) is 15.6. The Hall–Kier alpha value is -1.53. The van der Waals surface area contributed by atoms with Gasteiger partial charge in [0.25, 0.3) is 0 Å². The third kappa shape index (κ3) is 2.73. The van der Waals surface area contributed by atoms with Gasteiger partial charge in [0.15, 0.2) is 7.14 Å². The SMILES string of the molecule is O=P(c1ccccc1)(c1ccccc1)c1ccc(Cl)cc1Cl. The maximum absolute atomic E-state index is 14.0. The first-order chi connectivity index (χ1) is 10.6. The Morgan fingerprint density at radius 3 is 1.64 bits per heavy atom. The summed E-state index contributed by atoms with van der Waals surface area (Å²) in [5.74, 6) is 0. The maximum atomic E-state index is 14.0. The van der Waals surface area contributed by atoms with Crippen LogP contribution in [-0.2, 0) is 4.57 Å². The fourth-order valence-electron chi connectivity index (χ4n) is 2.44. The van der Waals surface area contributed by atoms with Crippen molar-refractivity contribution in [3.63, 3.8) is 0 Å². The van der Waals surface area contributed by atoms with Gasteiger partial charge in [-0.3, -0.25) is 0 Å². The Kier molecular flexibility index (Phi) is 4.40. The number of halogens is 2. The van der Waals surface area contributed by atoms with Gasteiger partial charge < -0.3 is 4.57 Å². The molecule has 0 bridgehead atoms. The van der Waals surface area contributed by atoms with E-state index >= 15 is 0 Å². The molecule has 0 amide bonds. The van der Waals surface area contributed by atoms with Crippen LogP contribution in [0.1, 0.15) is 0 Å². The van der Waals surface area contributed by atoms with Crippen LogP contribution < -0.4 is 15.9 Å². The minimum Gasteiger partial charge on any atom is -0.309 e. The van der Waals surface area contributed by atoms with Crippen molar-refractivity contribution < 1.29 is 4.57 Å².